The van der Waals surface area contributed by atoms with E-state index in [1.807, 2.05) is 91.4 Å². The third kappa shape index (κ3) is 13.8. The molecule has 5 amide bonds. The highest BCUT2D eigenvalue weighted by molar-refractivity contribution is 5.94. The van der Waals surface area contributed by atoms with E-state index in [4.69, 9.17) is 14.5 Å². The number of aromatic amines is 1. The van der Waals surface area contributed by atoms with E-state index in [2.05, 4.69) is 20.9 Å². The number of imidazole rings is 1. The van der Waals surface area contributed by atoms with Gasteiger partial charge in [0, 0.05) is 25.3 Å². The molecule has 2 aliphatic rings. The smallest absolute Gasteiger partial charge is 0.408 e. The Morgan fingerprint density at radius 2 is 1.26 bits per heavy atom. The van der Waals surface area contributed by atoms with Crippen LogP contribution in [0.5, 0.6) is 0 Å². The zero-order valence-corrected chi connectivity index (χ0v) is 38.2. The lowest BCUT2D eigenvalue weighted by Gasteiger charge is -2.30. The number of hydrogen-bond acceptors (Lipinski definition) is 10. The Morgan fingerprint density at radius 3 is 1.79 bits per heavy atom. The average molecular weight is 858 g/mol. The first-order valence-corrected chi connectivity index (χ1v) is 21.6. The maximum absolute atomic E-state index is 13.9. The number of benzene rings is 2. The molecule has 16 nitrogen and oxygen atoms in total. The zero-order chi connectivity index (χ0) is 45.4. The molecule has 3 aromatic rings. The Hall–Kier alpha value is -5.48. The number of aromatic nitrogens is 2. The predicted molar refractivity (Wildman–Crippen MR) is 239 cm³/mol. The normalized spacial score (nSPS) is 17.8. The van der Waals surface area contributed by atoms with Crippen molar-refractivity contribution >= 4 is 35.6 Å². The number of nitrogens with zero attached hydrogens (tertiary/aromatic N) is 5. The second-order valence-electron chi connectivity index (χ2n) is 18.9. The van der Waals surface area contributed by atoms with E-state index < -0.39 is 35.5 Å². The van der Waals surface area contributed by atoms with Gasteiger partial charge >= 0.3 is 12.2 Å². The number of anilines is 1. The lowest BCUT2D eigenvalue weighted by atomic mass is 10.0. The number of H-pyrrole nitrogens is 1. The molecule has 0 radical (unpaired) electrons. The van der Waals surface area contributed by atoms with Gasteiger partial charge in [-0.3, -0.25) is 14.4 Å². The Bertz CT molecular complexity index is 2000. The highest BCUT2D eigenvalue weighted by Crippen LogP contribution is 2.33. The summed E-state index contributed by atoms with van der Waals surface area (Å²) in [5.41, 5.74) is 3.02. The van der Waals surface area contributed by atoms with Crippen LogP contribution >= 0.6 is 0 Å². The van der Waals surface area contributed by atoms with E-state index in [-0.39, 0.29) is 36.2 Å². The van der Waals surface area contributed by atoms with Crippen LogP contribution < -0.4 is 16.0 Å². The average Bonchev–Trinajstić information content (AvgIpc) is 3.98. The van der Waals surface area contributed by atoms with Crippen molar-refractivity contribution in [3.8, 4) is 22.4 Å². The summed E-state index contributed by atoms with van der Waals surface area (Å²) >= 11 is 0. The van der Waals surface area contributed by atoms with Gasteiger partial charge in [0.1, 0.15) is 29.1 Å². The fourth-order valence-electron chi connectivity index (χ4n) is 7.58. The fourth-order valence-corrected chi connectivity index (χ4v) is 7.58. The molecule has 2 saturated heterocycles. The SMILES string of the molecule is CN(C)CC[C@H](NC(=O)OC(C)(C)C)C(=O)N1CCC[C@H]1c1ncc(-c2ccc(-c3ccc(NC(=O)[C@@H]4CCN(C(=O)[C@@H](CCN(C)C)NC(=O)OC(C)(C)C)C4)cc3)cc2)[nH]1. The summed E-state index contributed by atoms with van der Waals surface area (Å²) in [6.45, 7) is 13.2. The molecule has 4 atom stereocenters. The van der Waals surface area contributed by atoms with Crippen molar-refractivity contribution in [2.45, 2.75) is 103 Å². The Morgan fingerprint density at radius 1 is 0.742 bits per heavy atom. The minimum atomic E-state index is -0.763. The largest absolute Gasteiger partial charge is 0.444 e. The van der Waals surface area contributed by atoms with Crippen LogP contribution in [-0.4, -0.2) is 144 Å². The predicted octanol–water partition coefficient (Wildman–Crippen LogP) is 5.88. The third-order valence-corrected chi connectivity index (χ3v) is 10.7. The summed E-state index contributed by atoms with van der Waals surface area (Å²) in [6, 6.07) is 14.0. The molecule has 4 N–H and O–H groups in total. The molecule has 2 aromatic carbocycles. The summed E-state index contributed by atoms with van der Waals surface area (Å²) in [5, 5.41) is 8.58. The first-order chi connectivity index (χ1) is 29.2. The first kappa shape index (κ1) is 47.6. The van der Waals surface area contributed by atoms with Gasteiger partial charge in [-0.15, -0.1) is 0 Å². The third-order valence-electron chi connectivity index (χ3n) is 10.7. The van der Waals surface area contributed by atoms with Gasteiger partial charge in [-0.05, 0) is 144 Å². The van der Waals surface area contributed by atoms with E-state index in [0.717, 1.165) is 35.2 Å². The molecule has 2 aliphatic heterocycles. The molecule has 0 unspecified atom stereocenters. The number of ether oxygens (including phenoxy) is 2. The van der Waals surface area contributed by atoms with Gasteiger partial charge in [-0.25, -0.2) is 14.6 Å². The summed E-state index contributed by atoms with van der Waals surface area (Å²) in [7, 11) is 7.67. The minimum Gasteiger partial charge on any atom is -0.444 e. The van der Waals surface area contributed by atoms with Gasteiger partial charge in [0.2, 0.25) is 17.7 Å². The minimum absolute atomic E-state index is 0.152. The summed E-state index contributed by atoms with van der Waals surface area (Å²) < 4.78 is 10.9. The number of likely N-dealkylation sites (tertiary alicyclic amines) is 2. The Balaban J connectivity index is 1.16. The lowest BCUT2D eigenvalue weighted by molar-refractivity contribution is -0.135. The Labute approximate surface area is 366 Å². The zero-order valence-electron chi connectivity index (χ0n) is 38.2. The summed E-state index contributed by atoms with van der Waals surface area (Å²) in [5.74, 6) is -0.214. The van der Waals surface area contributed by atoms with Gasteiger partial charge in [-0.1, -0.05) is 36.4 Å². The maximum atomic E-state index is 13.9. The second-order valence-corrected chi connectivity index (χ2v) is 18.9. The number of rotatable bonds is 15. The number of amides is 5. The van der Waals surface area contributed by atoms with Gasteiger partial charge in [0.15, 0.2) is 0 Å². The number of alkyl carbamates (subject to hydrolysis) is 2. The molecular weight excluding hydrogens is 791 g/mol. The van der Waals surface area contributed by atoms with Crippen LogP contribution in [0.2, 0.25) is 0 Å². The van der Waals surface area contributed by atoms with Crippen molar-refractivity contribution in [2.24, 2.45) is 5.92 Å². The van der Waals surface area contributed by atoms with Crippen LogP contribution in [-0.2, 0) is 23.9 Å². The molecule has 0 saturated carbocycles. The molecule has 338 valence electrons. The quantitative estimate of drug-likeness (QED) is 0.144. The number of hydrogen-bond donors (Lipinski definition) is 4. The van der Waals surface area contributed by atoms with Crippen molar-refractivity contribution in [3.05, 3.63) is 60.6 Å². The lowest BCUT2D eigenvalue weighted by Crippen LogP contribution is -2.50. The van der Waals surface area contributed by atoms with Gasteiger partial charge in [-0.2, -0.15) is 0 Å². The highest BCUT2D eigenvalue weighted by Gasteiger charge is 2.38. The van der Waals surface area contributed by atoms with Crippen LogP contribution in [0, 0.1) is 5.92 Å². The molecule has 62 heavy (non-hydrogen) atoms. The van der Waals surface area contributed by atoms with Gasteiger partial charge < -0.3 is 50.0 Å². The van der Waals surface area contributed by atoms with E-state index in [0.29, 0.717) is 57.0 Å². The maximum Gasteiger partial charge on any atom is 0.408 e. The molecule has 0 spiro atoms. The summed E-state index contributed by atoms with van der Waals surface area (Å²) in [4.78, 5) is 81.6. The highest BCUT2D eigenvalue weighted by atomic mass is 16.6. The Kier molecular flexibility index (Phi) is 15.8. The second kappa shape index (κ2) is 20.6. The van der Waals surface area contributed by atoms with E-state index >= 15 is 0 Å². The van der Waals surface area contributed by atoms with E-state index in [1.165, 1.54) is 0 Å². The molecule has 0 aliphatic carbocycles. The fraction of sp³-hybridized carbons (Fsp3) is 0.565. The standard InChI is InChI=1S/C46H67N9O7/c1-45(2,3)61-43(59)50-35(22-25-52(7)8)41(57)54-27-21-33(29-54)40(56)48-34-19-17-31(18-20-34)30-13-15-32(16-14-30)37-28-47-39(49-37)38-12-11-24-55(38)42(58)36(23-26-53(9)10)51-44(60)62-46(4,5)6/h13-20,28,33,35-36,38H,11-12,21-27,29H2,1-10H3,(H,47,49)(H,48,56)(H,50,59)(H,51,60)/t33-,35-,36+,38+/m1/s1. The van der Waals surface area contributed by atoms with Crippen LogP contribution in [0.25, 0.3) is 22.4 Å². The van der Waals surface area contributed by atoms with Crippen LogP contribution in [0.4, 0.5) is 15.3 Å². The van der Waals surface area contributed by atoms with Crippen molar-refractivity contribution < 1.29 is 33.4 Å². The molecular formula is C46H67N9O7. The van der Waals surface area contributed by atoms with E-state index in [1.54, 1.807) is 52.6 Å². The van der Waals surface area contributed by atoms with Crippen LogP contribution in [0.1, 0.15) is 85.5 Å². The molecule has 3 heterocycles. The molecule has 2 fully saturated rings. The van der Waals surface area contributed by atoms with Gasteiger partial charge in [0.25, 0.3) is 0 Å². The molecule has 0 bridgehead atoms. The topological polar surface area (TPSA) is 182 Å². The first-order valence-electron chi connectivity index (χ1n) is 21.6. The van der Waals surface area contributed by atoms with Gasteiger partial charge in [0.05, 0.1) is 23.9 Å². The number of nitrogens with one attached hydrogen (secondary N) is 4. The van der Waals surface area contributed by atoms with Crippen molar-refractivity contribution in [1.82, 2.24) is 40.2 Å². The number of carbonyl (C=O) groups excluding carboxylic acids is 5. The van der Waals surface area contributed by atoms with Crippen LogP contribution in [0.15, 0.2) is 54.7 Å². The van der Waals surface area contributed by atoms with E-state index in [9.17, 15) is 24.0 Å². The molecule has 16 heteroatoms. The van der Waals surface area contributed by atoms with Crippen molar-refractivity contribution in [2.75, 3.05) is 66.2 Å². The molecule has 5 rings (SSSR count). The number of carbonyl (C=O) groups is 5. The van der Waals surface area contributed by atoms with Crippen molar-refractivity contribution in [3.63, 3.8) is 0 Å². The monoisotopic (exact) mass is 858 g/mol. The summed E-state index contributed by atoms with van der Waals surface area (Å²) in [6.07, 6.45) is 3.49. The van der Waals surface area contributed by atoms with Crippen molar-refractivity contribution in [1.29, 1.82) is 0 Å². The van der Waals surface area contributed by atoms with Crippen LogP contribution in [0.3, 0.4) is 0 Å². The molecule has 1 aromatic heterocycles.